The molecule has 0 aliphatic rings. The van der Waals surface area contributed by atoms with Gasteiger partial charge in [-0.2, -0.15) is 38.3 Å². The molecular formula is C38H58N14O10S2. The number of hydrogen-bond acceptors (Lipinski definition) is 24. The van der Waals surface area contributed by atoms with Crippen molar-refractivity contribution in [3.8, 4) is 0 Å². The van der Waals surface area contributed by atoms with Gasteiger partial charge in [0.05, 0.1) is 38.5 Å². The maximum atomic E-state index is 12.8. The molecule has 0 spiro atoms. The van der Waals surface area contributed by atoms with Crippen LogP contribution in [0, 0.1) is 0 Å². The molecule has 2 aromatic heterocycles. The molecule has 0 amide bonds. The molecule has 0 aliphatic carbocycles. The highest BCUT2D eigenvalue weighted by Gasteiger charge is 2.19. The van der Waals surface area contributed by atoms with Crippen LogP contribution in [0.4, 0.5) is 47.1 Å². The smallest absolute Gasteiger partial charge is 0.295 e. The van der Waals surface area contributed by atoms with E-state index < -0.39 is 15.0 Å². The fourth-order valence-electron chi connectivity index (χ4n) is 5.86. The van der Waals surface area contributed by atoms with E-state index in [4.69, 9.17) is 9.59 Å². The van der Waals surface area contributed by atoms with Crippen LogP contribution in [0.3, 0.4) is 0 Å². The number of aliphatic hydroxyl groups is 4. The van der Waals surface area contributed by atoms with Gasteiger partial charge in [-0.3, -0.25) is 4.55 Å². The van der Waals surface area contributed by atoms with Crippen LogP contribution in [0.25, 0.3) is 12.2 Å². The van der Waals surface area contributed by atoms with Crippen LogP contribution >= 0.6 is 12.0 Å². The number of benzene rings is 2. The van der Waals surface area contributed by atoms with E-state index in [1.54, 1.807) is 40.1 Å². The summed E-state index contributed by atoms with van der Waals surface area (Å²) in [4.78, 5) is 34.1. The molecule has 64 heavy (non-hydrogen) atoms. The minimum atomic E-state index is -4.79. The maximum Gasteiger partial charge on any atom is 0.295 e. The van der Waals surface area contributed by atoms with Gasteiger partial charge in [-0.25, -0.2) is 5.26 Å². The van der Waals surface area contributed by atoms with Gasteiger partial charge in [0, 0.05) is 55.5 Å². The van der Waals surface area contributed by atoms with E-state index >= 15 is 0 Å². The third kappa shape index (κ3) is 17.1. The second-order valence-corrected chi connectivity index (χ2v) is 16.5. The predicted octanol–water partition coefficient (Wildman–Crippen LogP) is 1.70. The van der Waals surface area contributed by atoms with Gasteiger partial charge in [-0.1, -0.05) is 29.3 Å². The molecule has 2 aromatic carbocycles. The second kappa shape index (κ2) is 26.6. The van der Waals surface area contributed by atoms with Crippen LogP contribution < -0.4 is 31.1 Å². The summed E-state index contributed by atoms with van der Waals surface area (Å²) in [5, 5.41) is 63.8. The lowest BCUT2D eigenvalue weighted by Crippen LogP contribution is -2.32. The number of nitrogens with one attached hydrogen (secondary N) is 4. The quantitative estimate of drug-likeness (QED) is 0.00888. The largest absolute Gasteiger partial charge is 0.395 e. The zero-order chi connectivity index (χ0) is 46.5. The average Bonchev–Trinajstić information content (AvgIpc) is 3.25. The number of nitrogens with zero attached hydrogens (tertiary/aromatic N) is 10. The zero-order valence-electron chi connectivity index (χ0n) is 36.1. The first-order chi connectivity index (χ1) is 30.8. The van der Waals surface area contributed by atoms with Gasteiger partial charge in [0.1, 0.15) is 4.90 Å². The molecule has 26 heteroatoms. The van der Waals surface area contributed by atoms with Crippen molar-refractivity contribution in [1.29, 1.82) is 0 Å². The molecule has 4 rings (SSSR count). The normalized spacial score (nSPS) is 11.8. The Bertz CT molecular complexity index is 2180. The van der Waals surface area contributed by atoms with Gasteiger partial charge < -0.3 is 61.3 Å². The standard InChI is InChI=1S/C38H58N14O10S2/c1-49(2)15-5-13-39-33-43-35(47-37(45-33)51(17-21-53)18-22-54)41-29-11-9-27(31(25-29)63-62-61-57)7-8-28-10-12-30(26-32(28)64(58,59)60)42-36-44-34(40-14-6-16-50(3)4)46-38(48-36)52(19-23-55)20-24-56/h7-12,25-26,53-57H,5-6,13-24H2,1-4H3,(H,58,59,60)(H2,39,41,43,45,47)(H2,40,42,44,46,48). The van der Waals surface area contributed by atoms with Crippen molar-refractivity contribution in [2.75, 3.05) is 138 Å². The lowest BCUT2D eigenvalue weighted by molar-refractivity contribution is -0.432. The number of anilines is 8. The highest BCUT2D eigenvalue weighted by molar-refractivity contribution is 7.94. The monoisotopic (exact) mass is 934 g/mol. The molecule has 10 N–H and O–H groups in total. The van der Waals surface area contributed by atoms with E-state index in [0.29, 0.717) is 41.3 Å². The molecule has 2 heterocycles. The fraction of sp³-hybridized carbons (Fsp3) is 0.474. The second-order valence-electron chi connectivity index (χ2n) is 14.4. The Labute approximate surface area is 376 Å². The van der Waals surface area contributed by atoms with Crippen LogP contribution in [0.1, 0.15) is 24.0 Å². The third-order valence-electron chi connectivity index (χ3n) is 8.84. The van der Waals surface area contributed by atoms with Gasteiger partial charge >= 0.3 is 0 Å². The fourth-order valence-corrected chi connectivity index (χ4v) is 7.09. The van der Waals surface area contributed by atoms with Crippen molar-refractivity contribution in [2.45, 2.75) is 22.6 Å². The van der Waals surface area contributed by atoms with Crippen molar-refractivity contribution in [2.24, 2.45) is 0 Å². The van der Waals surface area contributed by atoms with E-state index in [2.05, 4.69) is 56.2 Å². The molecule has 0 unspecified atom stereocenters. The molecule has 0 saturated heterocycles. The topological polar surface area (TPSA) is 312 Å². The molecular weight excluding hydrogens is 877 g/mol. The molecule has 0 saturated carbocycles. The van der Waals surface area contributed by atoms with Gasteiger partial charge in [-0.15, -0.1) is 4.33 Å². The maximum absolute atomic E-state index is 12.8. The lowest BCUT2D eigenvalue weighted by Gasteiger charge is -2.21. The van der Waals surface area contributed by atoms with E-state index in [-0.39, 0.29) is 99.5 Å². The summed E-state index contributed by atoms with van der Waals surface area (Å²) >= 11 is 0.646. The van der Waals surface area contributed by atoms with Crippen LogP contribution in [0.2, 0.25) is 0 Å². The van der Waals surface area contributed by atoms with Crippen LogP contribution in [0.15, 0.2) is 46.2 Å². The summed E-state index contributed by atoms with van der Waals surface area (Å²) in [5.41, 5.74) is 1.26. The Balaban J connectivity index is 1.64. The minimum absolute atomic E-state index is 0.0283. The SMILES string of the molecule is CN(C)CCCNc1nc(Nc2ccc(C=Cc3ccc(Nc4nc(NCCCN(C)C)nc(N(CCO)CCO)n4)cc3S(=O)(=O)O)c(SOOO)c2)nc(N(CCO)CCO)n1. The molecule has 0 bridgehead atoms. The number of hydrogen-bond donors (Lipinski definition) is 10. The lowest BCUT2D eigenvalue weighted by atomic mass is 10.1. The number of aliphatic hydroxyl groups excluding tert-OH is 4. The molecule has 352 valence electrons. The first kappa shape index (κ1) is 51.5. The highest BCUT2D eigenvalue weighted by atomic mass is 32.2. The van der Waals surface area contributed by atoms with Gasteiger partial charge in [0.15, 0.2) is 0 Å². The van der Waals surface area contributed by atoms with E-state index in [1.165, 1.54) is 18.2 Å². The van der Waals surface area contributed by atoms with Crippen LogP contribution in [0.5, 0.6) is 0 Å². The first-order valence-corrected chi connectivity index (χ1v) is 22.3. The van der Waals surface area contributed by atoms with Crippen molar-refractivity contribution in [1.82, 2.24) is 39.7 Å². The van der Waals surface area contributed by atoms with Crippen LogP contribution in [-0.2, 0) is 19.5 Å². The number of aromatic nitrogens is 6. The summed E-state index contributed by atoms with van der Waals surface area (Å²) in [5.74, 6) is 1.01. The van der Waals surface area contributed by atoms with E-state index in [1.807, 2.05) is 38.0 Å². The minimum Gasteiger partial charge on any atom is -0.395 e. The summed E-state index contributed by atoms with van der Waals surface area (Å²) < 4.78 is 40.6. The average molecular weight is 935 g/mol. The zero-order valence-corrected chi connectivity index (χ0v) is 37.8. The predicted molar refractivity (Wildman–Crippen MR) is 245 cm³/mol. The number of rotatable bonds is 30. The first-order valence-electron chi connectivity index (χ1n) is 20.1. The van der Waals surface area contributed by atoms with Crippen molar-refractivity contribution < 1.29 is 48.0 Å². The summed E-state index contributed by atoms with van der Waals surface area (Å²) in [6, 6.07) is 9.21. The van der Waals surface area contributed by atoms with Gasteiger partial charge in [0.25, 0.3) is 10.1 Å². The third-order valence-corrected chi connectivity index (χ3v) is 10.4. The Hall–Kier alpha value is -5.10. The van der Waals surface area contributed by atoms with Crippen molar-refractivity contribution in [3.63, 3.8) is 0 Å². The van der Waals surface area contributed by atoms with E-state index in [9.17, 15) is 33.4 Å². The molecule has 0 radical (unpaired) electrons. The Kier molecular flexibility index (Phi) is 21.4. The van der Waals surface area contributed by atoms with Gasteiger partial charge in [-0.05, 0) is 89.5 Å². The summed E-state index contributed by atoms with van der Waals surface area (Å²) in [6.07, 6.45) is 4.60. The van der Waals surface area contributed by atoms with E-state index in [0.717, 1.165) is 25.9 Å². The summed E-state index contributed by atoms with van der Waals surface area (Å²) in [6.45, 7) is 2.45. The Morgan fingerprint density at radius 3 is 1.50 bits per heavy atom. The molecule has 0 aliphatic heterocycles. The Morgan fingerprint density at radius 1 is 0.625 bits per heavy atom. The molecule has 24 nitrogen and oxygen atoms in total. The molecule has 0 atom stereocenters. The Morgan fingerprint density at radius 2 is 1.06 bits per heavy atom. The summed E-state index contributed by atoms with van der Waals surface area (Å²) in [7, 11) is 3.06. The van der Waals surface area contributed by atoms with Crippen molar-refractivity contribution >= 4 is 81.4 Å². The van der Waals surface area contributed by atoms with Gasteiger partial charge in [0.2, 0.25) is 35.7 Å². The molecule has 0 fully saturated rings. The van der Waals surface area contributed by atoms with Crippen LogP contribution in [-0.4, -0.2) is 185 Å². The molecule has 4 aromatic rings. The highest BCUT2D eigenvalue weighted by Crippen LogP contribution is 2.31. The van der Waals surface area contributed by atoms with Crippen molar-refractivity contribution in [3.05, 3.63) is 47.5 Å².